The minimum atomic E-state index is -4.30. The van der Waals surface area contributed by atoms with Gasteiger partial charge in [-0.15, -0.1) is 0 Å². The molecule has 1 aliphatic carbocycles. The highest BCUT2D eigenvalue weighted by atomic mass is 19.4. The first kappa shape index (κ1) is 16.3. The molecule has 2 unspecified atom stereocenters. The van der Waals surface area contributed by atoms with Crippen LogP contribution in [-0.4, -0.2) is 6.04 Å². The molecule has 5 heteroatoms. The predicted molar refractivity (Wildman–Crippen MR) is 77.4 cm³/mol. The number of hydrazine groups is 1. The second-order valence-electron chi connectivity index (χ2n) is 6.66. The Kier molecular flexibility index (Phi) is 4.63. The van der Waals surface area contributed by atoms with Crippen molar-refractivity contribution in [3.8, 4) is 0 Å². The van der Waals surface area contributed by atoms with E-state index < -0.39 is 11.7 Å². The smallest absolute Gasteiger partial charge is 0.271 e. The predicted octanol–water partition coefficient (Wildman–Crippen LogP) is 3.91. The van der Waals surface area contributed by atoms with E-state index in [1.54, 1.807) is 6.07 Å². The lowest BCUT2D eigenvalue weighted by Crippen LogP contribution is -2.45. The summed E-state index contributed by atoms with van der Waals surface area (Å²) in [5.41, 5.74) is 3.08. The van der Waals surface area contributed by atoms with Crippen molar-refractivity contribution in [1.82, 2.24) is 5.43 Å². The van der Waals surface area contributed by atoms with Crippen LogP contribution < -0.4 is 11.3 Å². The molecule has 3 N–H and O–H groups in total. The van der Waals surface area contributed by atoms with Gasteiger partial charge in [0, 0.05) is 6.04 Å². The monoisotopic (exact) mass is 300 g/mol. The van der Waals surface area contributed by atoms with Gasteiger partial charge in [-0.2, -0.15) is 13.2 Å². The van der Waals surface area contributed by atoms with Gasteiger partial charge in [-0.25, -0.2) is 0 Å². The molecule has 1 aromatic rings. The van der Waals surface area contributed by atoms with E-state index in [0.29, 0.717) is 17.9 Å². The first-order valence-corrected chi connectivity index (χ1v) is 7.36. The zero-order valence-electron chi connectivity index (χ0n) is 12.5. The Hall–Kier alpha value is -1.07. The molecule has 0 spiro atoms. The van der Waals surface area contributed by atoms with Gasteiger partial charge in [0.15, 0.2) is 0 Å². The molecule has 1 fully saturated rings. The Labute approximate surface area is 123 Å². The molecule has 118 valence electrons. The summed E-state index contributed by atoms with van der Waals surface area (Å²) in [6.07, 6.45) is -0.416. The Bertz CT molecular complexity index is 483. The fourth-order valence-corrected chi connectivity index (χ4v) is 3.55. The number of benzene rings is 1. The Morgan fingerprint density at radius 2 is 2.10 bits per heavy atom. The number of hydrogen-bond donors (Lipinski definition) is 2. The summed E-state index contributed by atoms with van der Waals surface area (Å²) in [7, 11) is 0. The largest absolute Gasteiger partial charge is 0.416 e. The number of nitrogens with two attached hydrogens (primary N) is 1. The maximum Gasteiger partial charge on any atom is 0.416 e. The highest BCUT2D eigenvalue weighted by molar-refractivity contribution is 5.26. The molecule has 0 amide bonds. The van der Waals surface area contributed by atoms with Crippen molar-refractivity contribution in [3.05, 3.63) is 35.4 Å². The van der Waals surface area contributed by atoms with E-state index in [1.807, 2.05) is 0 Å². The number of nitrogens with one attached hydrogen (secondary N) is 1. The van der Waals surface area contributed by atoms with Crippen molar-refractivity contribution < 1.29 is 13.2 Å². The highest BCUT2D eigenvalue weighted by Crippen LogP contribution is 2.44. The number of hydrogen-bond acceptors (Lipinski definition) is 2. The summed E-state index contributed by atoms with van der Waals surface area (Å²) in [5, 5.41) is 0. The van der Waals surface area contributed by atoms with E-state index in [0.717, 1.165) is 25.3 Å². The molecule has 2 nitrogen and oxygen atoms in total. The van der Waals surface area contributed by atoms with E-state index >= 15 is 0 Å². The average molecular weight is 300 g/mol. The van der Waals surface area contributed by atoms with Crippen LogP contribution in [0.4, 0.5) is 13.2 Å². The molecule has 0 radical (unpaired) electrons. The van der Waals surface area contributed by atoms with E-state index in [1.165, 1.54) is 12.1 Å². The van der Waals surface area contributed by atoms with Gasteiger partial charge in [0.05, 0.1) is 5.56 Å². The van der Waals surface area contributed by atoms with Crippen molar-refractivity contribution in [2.45, 2.75) is 51.7 Å². The quantitative estimate of drug-likeness (QED) is 0.653. The highest BCUT2D eigenvalue weighted by Gasteiger charge is 2.39. The lowest BCUT2D eigenvalue weighted by Gasteiger charge is -2.34. The van der Waals surface area contributed by atoms with Crippen LogP contribution in [0.3, 0.4) is 0 Å². The molecular weight excluding hydrogens is 277 g/mol. The van der Waals surface area contributed by atoms with Crippen LogP contribution in [0.2, 0.25) is 0 Å². The second kappa shape index (κ2) is 5.97. The molecule has 0 aliphatic heterocycles. The molecule has 0 aromatic heterocycles. The summed E-state index contributed by atoms with van der Waals surface area (Å²) >= 11 is 0. The zero-order valence-corrected chi connectivity index (χ0v) is 12.5. The van der Waals surface area contributed by atoms with Crippen LogP contribution in [0.25, 0.3) is 0 Å². The lowest BCUT2D eigenvalue weighted by molar-refractivity contribution is -0.137. The third-order valence-electron chi connectivity index (χ3n) is 4.75. The van der Waals surface area contributed by atoms with E-state index in [9.17, 15) is 13.2 Å². The van der Waals surface area contributed by atoms with Gasteiger partial charge in [0.1, 0.15) is 0 Å². The standard InChI is InChI=1S/C16H23F3N2/c1-15(2)8-4-7-13(15)14(21-20)10-11-5-3-6-12(9-11)16(17,18)19/h3,5-6,9,13-14,21H,4,7-8,10,20H2,1-2H3. The zero-order chi connectivity index (χ0) is 15.7. The molecule has 1 saturated carbocycles. The topological polar surface area (TPSA) is 38.0 Å². The van der Waals surface area contributed by atoms with Crippen LogP contribution in [-0.2, 0) is 12.6 Å². The Morgan fingerprint density at radius 3 is 2.62 bits per heavy atom. The van der Waals surface area contributed by atoms with Gasteiger partial charge >= 0.3 is 6.18 Å². The summed E-state index contributed by atoms with van der Waals surface area (Å²) in [6, 6.07) is 5.54. The summed E-state index contributed by atoms with van der Waals surface area (Å²) in [6.45, 7) is 4.42. The third kappa shape index (κ3) is 3.77. The molecule has 2 rings (SSSR count). The molecule has 2 atom stereocenters. The Balaban J connectivity index is 2.16. The van der Waals surface area contributed by atoms with Gasteiger partial charge in [0.2, 0.25) is 0 Å². The van der Waals surface area contributed by atoms with E-state index in [4.69, 9.17) is 5.84 Å². The SMILES string of the molecule is CC1(C)CCCC1C(Cc1cccc(C(F)(F)F)c1)NN. The maximum absolute atomic E-state index is 12.8. The fraction of sp³-hybridized carbons (Fsp3) is 0.625. The van der Waals surface area contributed by atoms with Gasteiger partial charge in [-0.3, -0.25) is 11.3 Å². The minimum absolute atomic E-state index is 0.00554. The van der Waals surface area contributed by atoms with Crippen LogP contribution in [0.5, 0.6) is 0 Å². The van der Waals surface area contributed by atoms with Crippen molar-refractivity contribution in [2.24, 2.45) is 17.2 Å². The minimum Gasteiger partial charge on any atom is -0.271 e. The van der Waals surface area contributed by atoms with E-state index in [-0.39, 0.29) is 11.5 Å². The molecule has 21 heavy (non-hydrogen) atoms. The normalized spacial score (nSPS) is 23.2. The molecular formula is C16H23F3N2. The molecule has 0 saturated heterocycles. The summed E-state index contributed by atoms with van der Waals surface area (Å²) in [4.78, 5) is 0. The number of rotatable bonds is 4. The van der Waals surface area contributed by atoms with E-state index in [2.05, 4.69) is 19.3 Å². The average Bonchev–Trinajstić information content (AvgIpc) is 2.75. The summed E-state index contributed by atoms with van der Waals surface area (Å²) < 4.78 is 38.3. The number of alkyl halides is 3. The second-order valence-corrected chi connectivity index (χ2v) is 6.66. The lowest BCUT2D eigenvalue weighted by atomic mass is 9.76. The van der Waals surface area contributed by atoms with Gasteiger partial charge in [0.25, 0.3) is 0 Å². The fourth-order valence-electron chi connectivity index (χ4n) is 3.55. The third-order valence-corrected chi connectivity index (χ3v) is 4.75. The van der Waals surface area contributed by atoms with Crippen LogP contribution in [0, 0.1) is 11.3 Å². The van der Waals surface area contributed by atoms with Crippen molar-refractivity contribution in [2.75, 3.05) is 0 Å². The van der Waals surface area contributed by atoms with Gasteiger partial charge in [-0.05, 0) is 42.2 Å². The van der Waals surface area contributed by atoms with Crippen LogP contribution in [0.1, 0.15) is 44.2 Å². The molecule has 1 aliphatic rings. The summed E-state index contributed by atoms with van der Waals surface area (Å²) in [5.74, 6) is 6.06. The first-order chi connectivity index (χ1) is 9.74. The molecule has 0 bridgehead atoms. The molecule has 0 heterocycles. The van der Waals surface area contributed by atoms with Crippen molar-refractivity contribution in [3.63, 3.8) is 0 Å². The first-order valence-electron chi connectivity index (χ1n) is 7.36. The van der Waals surface area contributed by atoms with Crippen LogP contribution in [0.15, 0.2) is 24.3 Å². The van der Waals surface area contributed by atoms with Gasteiger partial charge in [-0.1, -0.05) is 38.5 Å². The van der Waals surface area contributed by atoms with Crippen LogP contribution >= 0.6 is 0 Å². The van der Waals surface area contributed by atoms with Crippen molar-refractivity contribution in [1.29, 1.82) is 0 Å². The molecule has 1 aromatic carbocycles. The maximum atomic E-state index is 12.8. The van der Waals surface area contributed by atoms with Gasteiger partial charge < -0.3 is 0 Å². The van der Waals surface area contributed by atoms with Crippen molar-refractivity contribution >= 4 is 0 Å². The Morgan fingerprint density at radius 1 is 1.38 bits per heavy atom. The number of halogens is 3.